The zero-order valence-corrected chi connectivity index (χ0v) is 11.9. The Labute approximate surface area is 122 Å². The first kappa shape index (κ1) is 14.8. The molecule has 2 aromatic carbocycles. The van der Waals surface area contributed by atoms with Gasteiger partial charge in [0.25, 0.3) is 0 Å². The Morgan fingerprint density at radius 3 is 2.62 bits per heavy atom. The minimum absolute atomic E-state index is 0.129. The highest BCUT2D eigenvalue weighted by molar-refractivity contribution is 5.92. The summed E-state index contributed by atoms with van der Waals surface area (Å²) in [5.74, 6) is 0.587. The molecule has 2 rings (SSSR count). The number of carbonyl (C=O) groups excluding carboxylic acids is 1. The van der Waals surface area contributed by atoms with Crippen LogP contribution < -0.4 is 14.8 Å². The molecule has 0 unspecified atom stereocenters. The highest BCUT2D eigenvalue weighted by atomic mass is 19.1. The molecule has 0 fully saturated rings. The Morgan fingerprint density at radius 1 is 1.14 bits per heavy atom. The van der Waals surface area contributed by atoms with Crippen molar-refractivity contribution in [3.8, 4) is 11.5 Å². The summed E-state index contributed by atoms with van der Waals surface area (Å²) in [6.07, 6.45) is 0.129. The molecule has 0 atom stereocenters. The molecule has 110 valence electrons. The van der Waals surface area contributed by atoms with E-state index in [0.29, 0.717) is 17.2 Å². The fraction of sp³-hybridized carbons (Fsp3) is 0.188. The number of hydrogen-bond donors (Lipinski definition) is 1. The van der Waals surface area contributed by atoms with E-state index in [9.17, 15) is 9.18 Å². The summed E-state index contributed by atoms with van der Waals surface area (Å²) >= 11 is 0. The molecule has 0 aliphatic carbocycles. The Balaban J connectivity index is 2.09. The van der Waals surface area contributed by atoms with Gasteiger partial charge in [-0.25, -0.2) is 4.39 Å². The maximum Gasteiger partial charge on any atom is 0.228 e. The van der Waals surface area contributed by atoms with Gasteiger partial charge in [-0.2, -0.15) is 0 Å². The van der Waals surface area contributed by atoms with Crippen LogP contribution in [0.4, 0.5) is 10.1 Å². The molecule has 5 heteroatoms. The third-order valence-electron chi connectivity index (χ3n) is 2.95. The van der Waals surface area contributed by atoms with Crippen molar-refractivity contribution in [2.45, 2.75) is 6.42 Å². The highest BCUT2D eigenvalue weighted by Gasteiger charge is 2.10. The highest BCUT2D eigenvalue weighted by Crippen LogP contribution is 2.25. The molecule has 4 nitrogen and oxygen atoms in total. The van der Waals surface area contributed by atoms with Gasteiger partial charge in [0.05, 0.1) is 20.6 Å². The van der Waals surface area contributed by atoms with Crippen LogP contribution in [0.5, 0.6) is 11.5 Å². The zero-order chi connectivity index (χ0) is 15.2. The first-order valence-electron chi connectivity index (χ1n) is 6.38. The predicted octanol–water partition coefficient (Wildman–Crippen LogP) is 3.02. The van der Waals surface area contributed by atoms with E-state index in [1.807, 2.05) is 0 Å². The van der Waals surface area contributed by atoms with Crippen molar-refractivity contribution in [1.82, 2.24) is 0 Å². The Morgan fingerprint density at radius 2 is 1.95 bits per heavy atom. The lowest BCUT2D eigenvalue weighted by Crippen LogP contribution is -2.15. The second-order valence-corrected chi connectivity index (χ2v) is 4.41. The number of benzene rings is 2. The van der Waals surface area contributed by atoms with E-state index in [-0.39, 0.29) is 12.3 Å². The fourth-order valence-corrected chi connectivity index (χ4v) is 1.94. The normalized spacial score (nSPS) is 10.0. The van der Waals surface area contributed by atoms with Crippen molar-refractivity contribution in [3.05, 3.63) is 53.8 Å². The van der Waals surface area contributed by atoms with Crippen LogP contribution in [-0.4, -0.2) is 20.1 Å². The lowest BCUT2D eigenvalue weighted by Gasteiger charge is -2.10. The number of anilines is 1. The van der Waals surface area contributed by atoms with Crippen LogP contribution in [0.1, 0.15) is 5.56 Å². The van der Waals surface area contributed by atoms with E-state index < -0.39 is 5.82 Å². The van der Waals surface area contributed by atoms with Crippen molar-refractivity contribution < 1.29 is 18.7 Å². The lowest BCUT2D eigenvalue weighted by molar-refractivity contribution is -0.115. The number of carbonyl (C=O) groups is 1. The zero-order valence-electron chi connectivity index (χ0n) is 11.9. The van der Waals surface area contributed by atoms with Crippen molar-refractivity contribution in [2.24, 2.45) is 0 Å². The predicted molar refractivity (Wildman–Crippen MR) is 78.3 cm³/mol. The summed E-state index contributed by atoms with van der Waals surface area (Å²) < 4.78 is 23.4. The monoisotopic (exact) mass is 289 g/mol. The maximum atomic E-state index is 13.1. The molecular formula is C16H16FNO3. The third-order valence-corrected chi connectivity index (χ3v) is 2.95. The Bertz CT molecular complexity index is 643. The van der Waals surface area contributed by atoms with E-state index >= 15 is 0 Å². The number of ether oxygens (including phenoxy) is 2. The van der Waals surface area contributed by atoms with Gasteiger partial charge in [-0.15, -0.1) is 0 Å². The minimum Gasteiger partial charge on any atom is -0.497 e. The molecule has 2 aromatic rings. The largest absolute Gasteiger partial charge is 0.497 e. The second kappa shape index (κ2) is 6.74. The number of nitrogens with one attached hydrogen (secondary N) is 1. The van der Waals surface area contributed by atoms with Gasteiger partial charge in [0.1, 0.15) is 17.3 Å². The summed E-state index contributed by atoms with van der Waals surface area (Å²) in [6.45, 7) is 0. The van der Waals surface area contributed by atoms with E-state index in [2.05, 4.69) is 5.32 Å². The molecule has 0 saturated carbocycles. The summed E-state index contributed by atoms with van der Waals surface area (Å²) in [4.78, 5) is 12.0. The molecule has 0 spiro atoms. The van der Waals surface area contributed by atoms with E-state index in [1.54, 1.807) is 37.4 Å². The average Bonchev–Trinajstić information content (AvgIpc) is 2.47. The maximum absolute atomic E-state index is 13.1. The van der Waals surface area contributed by atoms with Crippen LogP contribution in [0.3, 0.4) is 0 Å². The lowest BCUT2D eigenvalue weighted by atomic mass is 10.1. The minimum atomic E-state index is -0.394. The molecule has 0 bridgehead atoms. The Kier molecular flexibility index (Phi) is 4.77. The molecule has 1 N–H and O–H groups in total. The smallest absolute Gasteiger partial charge is 0.228 e. The van der Waals surface area contributed by atoms with Crippen LogP contribution in [0.15, 0.2) is 42.5 Å². The number of methoxy groups -OCH3 is 2. The summed E-state index contributed by atoms with van der Waals surface area (Å²) in [5, 5.41) is 2.65. The molecular weight excluding hydrogens is 273 g/mol. The fourth-order valence-electron chi connectivity index (χ4n) is 1.94. The van der Waals surface area contributed by atoms with Gasteiger partial charge < -0.3 is 14.8 Å². The topological polar surface area (TPSA) is 47.6 Å². The van der Waals surface area contributed by atoms with Crippen LogP contribution in [0, 0.1) is 5.82 Å². The number of halogens is 1. The van der Waals surface area contributed by atoms with Crippen LogP contribution in [0.2, 0.25) is 0 Å². The van der Waals surface area contributed by atoms with E-state index in [4.69, 9.17) is 9.47 Å². The van der Waals surface area contributed by atoms with Gasteiger partial charge in [0, 0.05) is 17.3 Å². The Hall–Kier alpha value is -2.56. The molecule has 0 aliphatic heterocycles. The average molecular weight is 289 g/mol. The first-order chi connectivity index (χ1) is 10.1. The van der Waals surface area contributed by atoms with E-state index in [0.717, 1.165) is 5.56 Å². The number of amides is 1. The van der Waals surface area contributed by atoms with Crippen molar-refractivity contribution in [2.75, 3.05) is 19.5 Å². The third kappa shape index (κ3) is 3.95. The second-order valence-electron chi connectivity index (χ2n) is 4.41. The van der Waals surface area contributed by atoms with Gasteiger partial charge in [-0.05, 0) is 24.3 Å². The van der Waals surface area contributed by atoms with Crippen LogP contribution >= 0.6 is 0 Å². The molecule has 0 radical (unpaired) electrons. The van der Waals surface area contributed by atoms with Crippen LogP contribution in [0.25, 0.3) is 0 Å². The van der Waals surface area contributed by atoms with Gasteiger partial charge >= 0.3 is 0 Å². The van der Waals surface area contributed by atoms with Gasteiger partial charge in [-0.1, -0.05) is 12.1 Å². The molecule has 0 heterocycles. The SMILES string of the molecule is COc1ccc(CC(=O)Nc2cccc(F)c2)c(OC)c1. The summed E-state index contributed by atoms with van der Waals surface area (Å²) in [6, 6.07) is 11.0. The van der Waals surface area contributed by atoms with E-state index in [1.165, 1.54) is 19.2 Å². The molecule has 21 heavy (non-hydrogen) atoms. The summed E-state index contributed by atoms with van der Waals surface area (Å²) in [7, 11) is 3.09. The summed E-state index contributed by atoms with van der Waals surface area (Å²) in [5.41, 5.74) is 1.15. The first-order valence-corrected chi connectivity index (χ1v) is 6.38. The quantitative estimate of drug-likeness (QED) is 0.920. The number of hydrogen-bond acceptors (Lipinski definition) is 3. The van der Waals surface area contributed by atoms with Crippen molar-refractivity contribution >= 4 is 11.6 Å². The standard InChI is InChI=1S/C16H16FNO3/c1-20-14-7-6-11(15(10-14)21-2)8-16(19)18-13-5-3-4-12(17)9-13/h3-7,9-10H,8H2,1-2H3,(H,18,19). The van der Waals surface area contributed by atoms with Gasteiger partial charge in [-0.3, -0.25) is 4.79 Å². The van der Waals surface area contributed by atoms with Gasteiger partial charge in [0.15, 0.2) is 0 Å². The van der Waals surface area contributed by atoms with Gasteiger partial charge in [0.2, 0.25) is 5.91 Å². The molecule has 1 amide bonds. The number of rotatable bonds is 5. The van der Waals surface area contributed by atoms with Crippen LogP contribution in [-0.2, 0) is 11.2 Å². The van der Waals surface area contributed by atoms with Crippen molar-refractivity contribution in [3.63, 3.8) is 0 Å². The molecule has 0 aliphatic rings. The molecule has 0 aromatic heterocycles. The van der Waals surface area contributed by atoms with Crippen molar-refractivity contribution in [1.29, 1.82) is 0 Å². The molecule has 0 saturated heterocycles.